The van der Waals surface area contributed by atoms with Gasteiger partial charge in [0.1, 0.15) is 12.1 Å². The summed E-state index contributed by atoms with van der Waals surface area (Å²) in [5.41, 5.74) is 3.29. The van der Waals surface area contributed by atoms with E-state index in [1.165, 1.54) is 11.1 Å². The lowest BCUT2D eigenvalue weighted by molar-refractivity contribution is -0.132. The average molecular weight is 390 g/mol. The maximum absolute atomic E-state index is 12.9. The zero-order valence-corrected chi connectivity index (χ0v) is 16.7. The van der Waals surface area contributed by atoms with Crippen LogP contribution in [0.15, 0.2) is 43.0 Å². The monoisotopic (exact) mass is 390 g/mol. The van der Waals surface area contributed by atoms with Crippen LogP contribution in [0.4, 0.5) is 5.82 Å². The van der Waals surface area contributed by atoms with Gasteiger partial charge in [0.2, 0.25) is 5.91 Å². The lowest BCUT2D eigenvalue weighted by Gasteiger charge is -2.38. The van der Waals surface area contributed by atoms with E-state index in [9.17, 15) is 4.79 Å². The maximum Gasteiger partial charge on any atom is 0.226 e. The summed E-state index contributed by atoms with van der Waals surface area (Å²) in [7, 11) is 0. The summed E-state index contributed by atoms with van der Waals surface area (Å²) in [5.74, 6) is 1.50. The fourth-order valence-corrected chi connectivity index (χ4v) is 4.75. The summed E-state index contributed by atoms with van der Waals surface area (Å²) in [6, 6.07) is 8.61. The Morgan fingerprint density at radius 2 is 2.10 bits per heavy atom. The van der Waals surface area contributed by atoms with Crippen LogP contribution in [0.25, 0.3) is 5.65 Å². The van der Waals surface area contributed by atoms with E-state index in [0.717, 1.165) is 56.8 Å². The number of nitrogens with zero attached hydrogens (tertiary/aromatic N) is 6. The number of piperazine rings is 1. The lowest BCUT2D eigenvalue weighted by Crippen LogP contribution is -2.51. The molecule has 3 aromatic heterocycles. The first kappa shape index (κ1) is 18.1. The summed E-state index contributed by atoms with van der Waals surface area (Å²) in [5, 5.41) is 4.20. The van der Waals surface area contributed by atoms with Crippen LogP contribution in [-0.2, 0) is 11.2 Å². The van der Waals surface area contributed by atoms with Gasteiger partial charge in [-0.05, 0) is 55.9 Å². The Labute approximate surface area is 170 Å². The molecule has 7 nitrogen and oxygen atoms in total. The lowest BCUT2D eigenvalue weighted by atomic mass is 9.96. The number of aryl methyl sites for hydroxylation is 2. The predicted molar refractivity (Wildman–Crippen MR) is 111 cm³/mol. The van der Waals surface area contributed by atoms with Crippen molar-refractivity contribution in [1.82, 2.24) is 24.5 Å². The topological polar surface area (TPSA) is 66.6 Å². The standard InChI is InChI=1S/C22H26N6O/c1-16-7-8-20(23-13-16)26-10-11-27-19(14-26)12-18(22(27)29)5-2-4-17-6-3-9-28-21(17)24-15-25-28/h3,6-9,13,15,18-19H,2,4-5,10-12,14H2,1H3/t18-,19+/m1/s1. The number of carbonyl (C=O) groups is 1. The van der Waals surface area contributed by atoms with E-state index in [-0.39, 0.29) is 5.92 Å². The molecular formula is C22H26N6O. The Hall–Kier alpha value is -2.96. The van der Waals surface area contributed by atoms with Crippen LogP contribution in [0, 0.1) is 12.8 Å². The van der Waals surface area contributed by atoms with Gasteiger partial charge in [0.25, 0.3) is 0 Å². The molecule has 2 saturated heterocycles. The smallest absolute Gasteiger partial charge is 0.226 e. The molecule has 2 aliphatic heterocycles. The fourth-order valence-electron chi connectivity index (χ4n) is 4.75. The number of anilines is 1. The summed E-state index contributed by atoms with van der Waals surface area (Å²) in [4.78, 5) is 26.3. The summed E-state index contributed by atoms with van der Waals surface area (Å²) in [6.07, 6.45) is 9.23. The average Bonchev–Trinajstić information content (AvgIpc) is 3.34. The Morgan fingerprint density at radius 1 is 1.17 bits per heavy atom. The van der Waals surface area contributed by atoms with Crippen molar-refractivity contribution in [2.75, 3.05) is 24.5 Å². The molecule has 0 radical (unpaired) electrons. The molecule has 150 valence electrons. The van der Waals surface area contributed by atoms with Gasteiger partial charge in [0.15, 0.2) is 5.65 Å². The molecule has 5 rings (SSSR count). The number of rotatable bonds is 5. The zero-order chi connectivity index (χ0) is 19.8. The summed E-state index contributed by atoms with van der Waals surface area (Å²) >= 11 is 0. The first-order chi connectivity index (χ1) is 14.2. The van der Waals surface area contributed by atoms with E-state index >= 15 is 0 Å². The third-order valence-electron chi connectivity index (χ3n) is 6.28. The van der Waals surface area contributed by atoms with Crippen molar-refractivity contribution in [1.29, 1.82) is 0 Å². The van der Waals surface area contributed by atoms with Gasteiger partial charge in [-0.2, -0.15) is 5.10 Å². The van der Waals surface area contributed by atoms with Crippen LogP contribution < -0.4 is 4.90 Å². The molecule has 29 heavy (non-hydrogen) atoms. The van der Waals surface area contributed by atoms with Crippen molar-refractivity contribution < 1.29 is 4.79 Å². The Kier molecular flexibility index (Phi) is 4.66. The molecule has 0 aliphatic carbocycles. The highest BCUT2D eigenvalue weighted by Gasteiger charge is 2.42. The molecule has 0 unspecified atom stereocenters. The number of hydrogen-bond acceptors (Lipinski definition) is 5. The minimum atomic E-state index is 0.142. The SMILES string of the molecule is Cc1ccc(N2CCN3C(=O)[C@H](CCCc4cccn5ncnc45)C[C@H]3C2)nc1. The normalized spacial score (nSPS) is 21.8. The van der Waals surface area contributed by atoms with Crippen molar-refractivity contribution in [2.24, 2.45) is 5.92 Å². The van der Waals surface area contributed by atoms with Crippen molar-refractivity contribution in [3.8, 4) is 0 Å². The number of amides is 1. The first-order valence-corrected chi connectivity index (χ1v) is 10.4. The van der Waals surface area contributed by atoms with E-state index in [1.54, 1.807) is 6.33 Å². The number of pyridine rings is 2. The predicted octanol–water partition coefficient (Wildman–Crippen LogP) is 2.49. The second-order valence-corrected chi connectivity index (χ2v) is 8.21. The van der Waals surface area contributed by atoms with Gasteiger partial charge in [0, 0.05) is 37.9 Å². The molecule has 1 amide bonds. The van der Waals surface area contributed by atoms with Crippen LogP contribution in [0.3, 0.4) is 0 Å². The summed E-state index contributed by atoms with van der Waals surface area (Å²) in [6.45, 7) is 4.60. The minimum Gasteiger partial charge on any atom is -0.353 e. The van der Waals surface area contributed by atoms with Crippen LogP contribution >= 0.6 is 0 Å². The van der Waals surface area contributed by atoms with Crippen LogP contribution in [0.5, 0.6) is 0 Å². The van der Waals surface area contributed by atoms with Gasteiger partial charge in [0.05, 0.1) is 6.04 Å². The molecule has 0 aromatic carbocycles. The highest BCUT2D eigenvalue weighted by molar-refractivity contribution is 5.82. The number of carbonyl (C=O) groups excluding carboxylic acids is 1. The van der Waals surface area contributed by atoms with E-state index in [2.05, 4.69) is 50.0 Å². The van der Waals surface area contributed by atoms with Crippen molar-refractivity contribution in [3.05, 3.63) is 54.1 Å². The van der Waals surface area contributed by atoms with Crippen LogP contribution in [-0.4, -0.2) is 56.1 Å². The molecule has 0 bridgehead atoms. The Balaban J connectivity index is 1.19. The first-order valence-electron chi connectivity index (χ1n) is 10.4. The van der Waals surface area contributed by atoms with Gasteiger partial charge >= 0.3 is 0 Å². The van der Waals surface area contributed by atoms with Gasteiger partial charge in [-0.1, -0.05) is 12.1 Å². The van der Waals surface area contributed by atoms with Crippen molar-refractivity contribution >= 4 is 17.4 Å². The van der Waals surface area contributed by atoms with Crippen LogP contribution in [0.1, 0.15) is 30.4 Å². The molecule has 2 fully saturated rings. The molecule has 7 heteroatoms. The van der Waals surface area contributed by atoms with Gasteiger partial charge in [-0.25, -0.2) is 14.5 Å². The molecule has 2 aliphatic rings. The highest BCUT2D eigenvalue weighted by Crippen LogP contribution is 2.32. The number of aromatic nitrogens is 4. The largest absolute Gasteiger partial charge is 0.353 e. The number of fused-ring (bicyclic) bond motifs is 2. The van der Waals surface area contributed by atoms with Crippen molar-refractivity contribution in [3.63, 3.8) is 0 Å². The fraction of sp³-hybridized carbons (Fsp3) is 0.455. The van der Waals surface area contributed by atoms with Gasteiger partial charge in [-0.3, -0.25) is 4.79 Å². The Bertz CT molecular complexity index is 1010. The summed E-state index contributed by atoms with van der Waals surface area (Å²) < 4.78 is 1.81. The minimum absolute atomic E-state index is 0.142. The van der Waals surface area contributed by atoms with E-state index in [0.29, 0.717) is 11.9 Å². The van der Waals surface area contributed by atoms with Crippen molar-refractivity contribution in [2.45, 2.75) is 38.6 Å². The Morgan fingerprint density at radius 3 is 2.97 bits per heavy atom. The van der Waals surface area contributed by atoms with Gasteiger partial charge in [-0.15, -0.1) is 0 Å². The molecule has 0 N–H and O–H groups in total. The number of hydrogen-bond donors (Lipinski definition) is 0. The van der Waals surface area contributed by atoms with Gasteiger partial charge < -0.3 is 9.80 Å². The molecular weight excluding hydrogens is 364 g/mol. The third-order valence-corrected chi connectivity index (χ3v) is 6.28. The molecule has 0 spiro atoms. The maximum atomic E-state index is 12.9. The second kappa shape index (κ2) is 7.46. The molecule has 5 heterocycles. The van der Waals surface area contributed by atoms with E-state index < -0.39 is 0 Å². The van der Waals surface area contributed by atoms with Crippen LogP contribution in [0.2, 0.25) is 0 Å². The molecule has 2 atom stereocenters. The van der Waals surface area contributed by atoms with E-state index in [1.807, 2.05) is 23.0 Å². The second-order valence-electron chi connectivity index (χ2n) is 8.21. The highest BCUT2D eigenvalue weighted by atomic mass is 16.2. The third kappa shape index (κ3) is 3.45. The van der Waals surface area contributed by atoms with E-state index in [4.69, 9.17) is 0 Å². The molecule has 3 aromatic rings. The quantitative estimate of drug-likeness (QED) is 0.670. The zero-order valence-electron chi connectivity index (χ0n) is 16.7. The molecule has 0 saturated carbocycles.